The Kier molecular flexibility index (Phi) is 4.32. The predicted molar refractivity (Wildman–Crippen MR) is 99.6 cm³/mol. The van der Waals surface area contributed by atoms with E-state index in [1.165, 1.54) is 18.2 Å². The molecule has 1 aliphatic rings. The molecule has 0 saturated carbocycles. The SMILES string of the molecule is CCCc1cc(=O)oc2c3c(c(Cl)cc12)OCN(c1ccc(F)cc1)C3. The van der Waals surface area contributed by atoms with Gasteiger partial charge in [-0.05, 0) is 42.3 Å². The quantitative estimate of drug-likeness (QED) is 0.613. The molecule has 26 heavy (non-hydrogen) atoms. The number of hydrogen-bond donors (Lipinski definition) is 0. The fourth-order valence-corrected chi connectivity index (χ4v) is 3.62. The van der Waals surface area contributed by atoms with Crippen molar-refractivity contribution in [1.29, 1.82) is 0 Å². The summed E-state index contributed by atoms with van der Waals surface area (Å²) in [5.41, 5.74) is 2.59. The van der Waals surface area contributed by atoms with Crippen molar-refractivity contribution in [3.63, 3.8) is 0 Å². The van der Waals surface area contributed by atoms with Gasteiger partial charge < -0.3 is 14.1 Å². The lowest BCUT2D eigenvalue weighted by atomic mass is 10.0. The minimum atomic E-state index is -0.385. The maximum atomic E-state index is 13.2. The van der Waals surface area contributed by atoms with E-state index in [1.54, 1.807) is 18.2 Å². The average Bonchev–Trinajstić information content (AvgIpc) is 2.63. The van der Waals surface area contributed by atoms with Crippen LogP contribution in [-0.4, -0.2) is 6.73 Å². The molecule has 2 heterocycles. The maximum Gasteiger partial charge on any atom is 0.336 e. The highest BCUT2D eigenvalue weighted by atomic mass is 35.5. The number of hydrogen-bond acceptors (Lipinski definition) is 4. The molecule has 1 aliphatic heterocycles. The van der Waals surface area contributed by atoms with Gasteiger partial charge in [-0.2, -0.15) is 0 Å². The largest absolute Gasteiger partial charge is 0.471 e. The van der Waals surface area contributed by atoms with Crippen molar-refractivity contribution in [2.24, 2.45) is 0 Å². The molecule has 4 rings (SSSR count). The normalized spacial score (nSPS) is 13.6. The van der Waals surface area contributed by atoms with Crippen molar-refractivity contribution in [2.75, 3.05) is 11.6 Å². The Morgan fingerprint density at radius 3 is 2.73 bits per heavy atom. The highest BCUT2D eigenvalue weighted by Gasteiger charge is 2.25. The topological polar surface area (TPSA) is 42.7 Å². The van der Waals surface area contributed by atoms with Crippen molar-refractivity contribution in [3.8, 4) is 5.75 Å². The minimum absolute atomic E-state index is 0.280. The van der Waals surface area contributed by atoms with E-state index in [1.807, 2.05) is 4.90 Å². The number of benzene rings is 2. The number of fused-ring (bicyclic) bond motifs is 3. The number of nitrogens with zero attached hydrogens (tertiary/aromatic N) is 1. The second-order valence-corrected chi connectivity index (χ2v) is 6.74. The third-order valence-electron chi connectivity index (χ3n) is 4.55. The Balaban J connectivity index is 1.86. The molecule has 0 amide bonds. The van der Waals surface area contributed by atoms with Crippen molar-refractivity contribution in [2.45, 2.75) is 26.3 Å². The highest BCUT2D eigenvalue weighted by molar-refractivity contribution is 6.33. The van der Waals surface area contributed by atoms with Crippen LogP contribution in [0.3, 0.4) is 0 Å². The van der Waals surface area contributed by atoms with Crippen LogP contribution in [0.15, 0.2) is 45.6 Å². The van der Waals surface area contributed by atoms with E-state index in [0.717, 1.165) is 35.0 Å². The van der Waals surface area contributed by atoms with Crippen LogP contribution in [-0.2, 0) is 13.0 Å². The smallest absolute Gasteiger partial charge is 0.336 e. The first-order valence-electron chi connectivity index (χ1n) is 8.48. The monoisotopic (exact) mass is 373 g/mol. The lowest BCUT2D eigenvalue weighted by molar-refractivity contribution is 0.289. The molecule has 4 nitrogen and oxygen atoms in total. The molecule has 2 aromatic carbocycles. The molecule has 0 unspecified atom stereocenters. The highest BCUT2D eigenvalue weighted by Crippen LogP contribution is 2.40. The van der Waals surface area contributed by atoms with E-state index >= 15 is 0 Å². The molecular formula is C20H17ClFNO3. The third kappa shape index (κ3) is 2.92. The van der Waals surface area contributed by atoms with Crippen molar-refractivity contribution in [3.05, 3.63) is 68.8 Å². The van der Waals surface area contributed by atoms with Crippen LogP contribution in [0.4, 0.5) is 10.1 Å². The number of rotatable bonds is 3. The summed E-state index contributed by atoms with van der Waals surface area (Å²) in [4.78, 5) is 14.0. The molecular weight excluding hydrogens is 357 g/mol. The summed E-state index contributed by atoms with van der Waals surface area (Å²) in [7, 11) is 0. The number of halogens is 2. The third-order valence-corrected chi connectivity index (χ3v) is 4.83. The summed E-state index contributed by atoms with van der Waals surface area (Å²) < 4.78 is 24.6. The van der Waals surface area contributed by atoms with Gasteiger partial charge in [-0.1, -0.05) is 24.9 Å². The number of ether oxygens (including phenoxy) is 1. The molecule has 0 aliphatic carbocycles. The van der Waals surface area contributed by atoms with Gasteiger partial charge in [-0.25, -0.2) is 9.18 Å². The van der Waals surface area contributed by atoms with Crippen LogP contribution >= 0.6 is 11.6 Å². The first-order chi connectivity index (χ1) is 12.6. The Morgan fingerprint density at radius 2 is 2.00 bits per heavy atom. The van der Waals surface area contributed by atoms with E-state index in [4.69, 9.17) is 20.8 Å². The molecule has 3 aromatic rings. The van der Waals surface area contributed by atoms with Crippen LogP contribution in [0.25, 0.3) is 11.0 Å². The average molecular weight is 374 g/mol. The summed E-state index contributed by atoms with van der Waals surface area (Å²) in [6.45, 7) is 2.79. The Bertz CT molecular complexity index is 1030. The molecule has 134 valence electrons. The zero-order valence-corrected chi connectivity index (χ0v) is 15.0. The molecule has 0 radical (unpaired) electrons. The standard InChI is InChI=1S/C20H17ClFNO3/c1-2-3-12-8-18(24)26-19-15(12)9-17(21)20-16(19)10-23(11-25-20)14-6-4-13(22)5-7-14/h4-9H,2-3,10-11H2,1H3. The van der Waals surface area contributed by atoms with Gasteiger partial charge in [0.05, 0.1) is 17.1 Å². The first-order valence-corrected chi connectivity index (χ1v) is 8.86. The number of aryl methyl sites for hydroxylation is 1. The molecule has 0 spiro atoms. The van der Waals surface area contributed by atoms with Crippen molar-refractivity contribution < 1.29 is 13.5 Å². The van der Waals surface area contributed by atoms with Crippen molar-refractivity contribution >= 4 is 28.3 Å². The van der Waals surface area contributed by atoms with Gasteiger partial charge in [0, 0.05) is 17.1 Å². The van der Waals surface area contributed by atoms with Gasteiger partial charge in [0.1, 0.15) is 17.1 Å². The summed E-state index contributed by atoms with van der Waals surface area (Å²) >= 11 is 6.43. The van der Waals surface area contributed by atoms with E-state index in [0.29, 0.717) is 22.9 Å². The van der Waals surface area contributed by atoms with Crippen LogP contribution < -0.4 is 15.3 Å². The van der Waals surface area contributed by atoms with Crippen LogP contribution in [0.2, 0.25) is 5.02 Å². The molecule has 1 aromatic heterocycles. The van der Waals surface area contributed by atoms with Crippen LogP contribution in [0.5, 0.6) is 5.75 Å². The van der Waals surface area contributed by atoms with Gasteiger partial charge >= 0.3 is 5.63 Å². The fraction of sp³-hybridized carbons (Fsp3) is 0.250. The summed E-state index contributed by atoms with van der Waals surface area (Å²) in [6.07, 6.45) is 1.67. The Morgan fingerprint density at radius 1 is 1.23 bits per heavy atom. The fourth-order valence-electron chi connectivity index (χ4n) is 3.35. The van der Waals surface area contributed by atoms with Gasteiger partial charge in [0.2, 0.25) is 0 Å². The van der Waals surface area contributed by atoms with E-state index in [-0.39, 0.29) is 18.2 Å². The molecule has 6 heteroatoms. The van der Waals surface area contributed by atoms with Gasteiger partial charge in [-0.15, -0.1) is 0 Å². The van der Waals surface area contributed by atoms with Gasteiger partial charge in [-0.3, -0.25) is 0 Å². The number of anilines is 1. The summed E-state index contributed by atoms with van der Waals surface area (Å²) in [6, 6.07) is 9.51. The molecule has 0 fully saturated rings. The predicted octanol–water partition coefficient (Wildman–Crippen LogP) is 4.89. The zero-order valence-electron chi connectivity index (χ0n) is 14.2. The van der Waals surface area contributed by atoms with E-state index in [2.05, 4.69) is 6.92 Å². The van der Waals surface area contributed by atoms with E-state index in [9.17, 15) is 9.18 Å². The summed E-state index contributed by atoms with van der Waals surface area (Å²) in [5.74, 6) is 0.241. The lowest BCUT2D eigenvalue weighted by Gasteiger charge is -2.31. The second-order valence-electron chi connectivity index (χ2n) is 6.33. The summed E-state index contributed by atoms with van der Waals surface area (Å²) in [5, 5.41) is 1.33. The van der Waals surface area contributed by atoms with Gasteiger partial charge in [0.25, 0.3) is 0 Å². The Labute approximate surface area is 154 Å². The minimum Gasteiger partial charge on any atom is -0.471 e. The lowest BCUT2D eigenvalue weighted by Crippen LogP contribution is -2.32. The van der Waals surface area contributed by atoms with Crippen LogP contribution in [0.1, 0.15) is 24.5 Å². The van der Waals surface area contributed by atoms with E-state index < -0.39 is 0 Å². The van der Waals surface area contributed by atoms with Gasteiger partial charge in [0.15, 0.2) is 6.73 Å². The van der Waals surface area contributed by atoms with Crippen LogP contribution in [0, 0.1) is 5.82 Å². The molecule has 0 atom stereocenters. The van der Waals surface area contributed by atoms with Crippen molar-refractivity contribution in [1.82, 2.24) is 0 Å². The molecule has 0 bridgehead atoms. The maximum absolute atomic E-state index is 13.2. The molecule has 0 N–H and O–H groups in total. The molecule has 0 saturated heterocycles. The first kappa shape index (κ1) is 16.9. The Hall–Kier alpha value is -2.53. The zero-order chi connectivity index (χ0) is 18.3. The second kappa shape index (κ2) is 6.65.